The summed E-state index contributed by atoms with van der Waals surface area (Å²) < 4.78 is 106. The fourth-order valence-corrected chi connectivity index (χ4v) is 13.7. The van der Waals surface area contributed by atoms with Crippen LogP contribution in [0.1, 0.15) is 64.6 Å². The molecule has 4 aromatic rings. The van der Waals surface area contributed by atoms with E-state index in [-0.39, 0.29) is 38.7 Å². The summed E-state index contributed by atoms with van der Waals surface area (Å²) in [5.41, 5.74) is 4.06. The number of nitrogens with zero attached hydrogens (tertiary/aromatic N) is 6. The summed E-state index contributed by atoms with van der Waals surface area (Å²) in [6.07, 6.45) is -9.65. The molecule has 0 aliphatic carbocycles. The van der Waals surface area contributed by atoms with E-state index in [1.165, 1.54) is 18.0 Å². The fourth-order valence-electron chi connectivity index (χ4n) is 6.70. The van der Waals surface area contributed by atoms with E-state index in [2.05, 4.69) is 29.3 Å². The lowest BCUT2D eigenvalue weighted by Crippen LogP contribution is -2.36. The molecule has 0 radical (unpaired) electrons. The number of aromatic nitrogens is 7. The average molecular weight is 967 g/mol. The summed E-state index contributed by atoms with van der Waals surface area (Å²) in [4.78, 5) is 58.5. The maximum Gasteiger partial charge on any atom is 0.390 e. The number of alkyl halides is 1. The van der Waals surface area contributed by atoms with Crippen LogP contribution in [0.2, 0.25) is 0 Å². The van der Waals surface area contributed by atoms with Gasteiger partial charge < -0.3 is 34.4 Å². The van der Waals surface area contributed by atoms with Gasteiger partial charge in [-0.25, -0.2) is 33.5 Å². The predicted octanol–water partition coefficient (Wildman–Crippen LogP) is 4.98. The fraction of sp³-hybridized carbons (Fsp3) is 0.647. The highest BCUT2D eigenvalue weighted by atomic mass is 32.7. The first-order chi connectivity index (χ1) is 29.1. The van der Waals surface area contributed by atoms with E-state index in [0.717, 1.165) is 17.9 Å². The topological polar surface area (TPSA) is 280 Å². The number of imidazole rings is 1. The van der Waals surface area contributed by atoms with Crippen LogP contribution < -0.4 is 11.3 Å². The van der Waals surface area contributed by atoms with Gasteiger partial charge in [0.1, 0.15) is 82.5 Å². The van der Waals surface area contributed by atoms with Crippen molar-refractivity contribution in [3.8, 4) is 0 Å². The number of anilines is 1. The lowest BCUT2D eigenvalue weighted by molar-refractivity contribution is -0.152. The van der Waals surface area contributed by atoms with Crippen molar-refractivity contribution in [2.75, 3.05) is 37.6 Å². The molecule has 3 aliphatic heterocycles. The third-order valence-corrected chi connectivity index (χ3v) is 17.1. The van der Waals surface area contributed by atoms with E-state index in [0.29, 0.717) is 22.8 Å². The number of nitrogens with one attached hydrogen (secondary N) is 1. The minimum Gasteiger partial charge on any atom is -0.459 e. The molecule has 340 valence electrons. The van der Waals surface area contributed by atoms with Crippen molar-refractivity contribution in [2.45, 2.75) is 109 Å². The minimum atomic E-state index is -4.65. The summed E-state index contributed by atoms with van der Waals surface area (Å²) in [5, 5.41) is 0. The van der Waals surface area contributed by atoms with Gasteiger partial charge in [-0.15, -0.1) is 0 Å². The van der Waals surface area contributed by atoms with Crippen molar-refractivity contribution in [3.05, 3.63) is 33.7 Å². The highest BCUT2D eigenvalue weighted by Gasteiger charge is 2.56. The Labute approximate surface area is 365 Å². The second-order valence-electron chi connectivity index (χ2n) is 16.1. The molecule has 3 fully saturated rings. The molecule has 62 heavy (non-hydrogen) atoms. The van der Waals surface area contributed by atoms with Crippen LogP contribution in [0, 0.1) is 6.92 Å². The maximum atomic E-state index is 17.0. The second kappa shape index (κ2) is 18.0. The molecule has 28 heteroatoms. The molecule has 3 saturated heterocycles. The summed E-state index contributed by atoms with van der Waals surface area (Å²) in [6, 6.07) is 0. The van der Waals surface area contributed by atoms with E-state index < -0.39 is 116 Å². The van der Waals surface area contributed by atoms with Crippen LogP contribution in [0.4, 0.5) is 10.2 Å². The van der Waals surface area contributed by atoms with Crippen molar-refractivity contribution in [1.29, 1.82) is 0 Å². The molecule has 2 bridgehead atoms. The van der Waals surface area contributed by atoms with Crippen LogP contribution in [-0.2, 0) is 60.5 Å². The van der Waals surface area contributed by atoms with Gasteiger partial charge in [0, 0.05) is 7.11 Å². The van der Waals surface area contributed by atoms with Gasteiger partial charge in [-0.2, -0.15) is 4.37 Å². The Hall–Kier alpha value is -3.13. The van der Waals surface area contributed by atoms with Crippen molar-refractivity contribution >= 4 is 87.8 Å². The third-order valence-electron chi connectivity index (χ3n) is 9.07. The number of esters is 2. The van der Waals surface area contributed by atoms with E-state index in [9.17, 15) is 18.9 Å². The molecule has 0 unspecified atom stereocenters. The molecule has 3 N–H and O–H groups in total. The first kappa shape index (κ1) is 46.9. The molecule has 0 aromatic carbocycles. The molecule has 0 spiro atoms. The Balaban J connectivity index is 1.30. The van der Waals surface area contributed by atoms with Crippen molar-refractivity contribution < 1.29 is 64.9 Å². The molecule has 7 heterocycles. The quantitative estimate of drug-likeness (QED) is 0.165. The summed E-state index contributed by atoms with van der Waals surface area (Å²) >= 11 is 1.78. The minimum absolute atomic E-state index is 0.00391. The van der Waals surface area contributed by atoms with E-state index >= 15 is 8.96 Å². The normalized spacial score (nSPS) is 31.0. The van der Waals surface area contributed by atoms with Gasteiger partial charge in [0.2, 0.25) is 0 Å². The second-order valence-corrected chi connectivity index (χ2v) is 25.0. The molecule has 7 rings (SSSR count). The lowest BCUT2D eigenvalue weighted by atomic mass is 10.1. The number of nitrogens with two attached hydrogens (primary N) is 1. The molecule has 4 aromatic heterocycles. The number of nitrogen functional groups attached to an aromatic ring is 1. The van der Waals surface area contributed by atoms with E-state index in [4.69, 9.17) is 47.5 Å². The zero-order valence-electron chi connectivity index (χ0n) is 34.6. The van der Waals surface area contributed by atoms with Gasteiger partial charge in [-0.3, -0.25) is 37.0 Å². The molecule has 3 aliphatic rings. The number of carbonyl (C=O) groups is 2. The first-order valence-corrected chi connectivity index (χ1v) is 26.0. The molecular formula is C34H45FN8O14P2S3. The Bertz CT molecular complexity index is 2480. The van der Waals surface area contributed by atoms with Gasteiger partial charge >= 0.3 is 25.5 Å². The van der Waals surface area contributed by atoms with Gasteiger partial charge in [0.05, 0.1) is 24.4 Å². The largest absolute Gasteiger partial charge is 0.459 e. The number of halogens is 1. The number of fused-ring (bicyclic) bond motifs is 5. The van der Waals surface area contributed by atoms with Crippen LogP contribution in [-0.4, -0.2) is 126 Å². The summed E-state index contributed by atoms with van der Waals surface area (Å²) in [7, 11) is 1.31. The number of carbonyl (C=O) groups excluding carboxylic acids is 2. The SMILES string of the molecule is CO[C@H]1[C@H]2O[P@@](=O)(SCC(=O)OC(C)(C)C)OC[C@H]3O[C@@H](n4cnc5c(N)ncnc54)[C@H](F)[C@@H]3O[P@@](=O)(SCC(=O)OC(C)(C)C)OC[C@H]1O[C@H]2c1snc2c(=O)[nH]c(C)nc12. The van der Waals surface area contributed by atoms with Crippen molar-refractivity contribution in [2.24, 2.45) is 0 Å². The van der Waals surface area contributed by atoms with Crippen molar-refractivity contribution in [1.82, 2.24) is 33.9 Å². The first-order valence-electron chi connectivity index (χ1n) is 18.9. The number of H-pyrrole nitrogens is 1. The number of aromatic amines is 1. The number of methoxy groups -OCH3 is 1. The van der Waals surface area contributed by atoms with Crippen LogP contribution in [0.15, 0.2) is 17.4 Å². The average Bonchev–Trinajstić information content (AvgIpc) is 3.94. The number of aryl methyl sites for hydroxylation is 1. The Kier molecular flexibility index (Phi) is 13.6. The smallest absolute Gasteiger partial charge is 0.390 e. The number of hydrogen-bond donors (Lipinski definition) is 2. The molecule has 10 atom stereocenters. The van der Waals surface area contributed by atoms with Crippen LogP contribution >= 0.6 is 47.9 Å². The zero-order chi connectivity index (χ0) is 44.9. The third kappa shape index (κ3) is 10.4. The van der Waals surface area contributed by atoms with Crippen LogP contribution in [0.5, 0.6) is 0 Å². The summed E-state index contributed by atoms with van der Waals surface area (Å²) in [6.45, 7) is 0.879. The Morgan fingerprint density at radius 3 is 2.16 bits per heavy atom. The molecule has 0 amide bonds. The number of hydrogen-bond acceptors (Lipinski definition) is 23. The van der Waals surface area contributed by atoms with Gasteiger partial charge in [-0.05, 0) is 82.8 Å². The lowest BCUT2D eigenvalue weighted by Gasteiger charge is -2.28. The molecule has 22 nitrogen and oxygen atoms in total. The Morgan fingerprint density at radius 2 is 1.55 bits per heavy atom. The van der Waals surface area contributed by atoms with Gasteiger partial charge in [-0.1, -0.05) is 0 Å². The number of ether oxygens (including phenoxy) is 5. The zero-order valence-corrected chi connectivity index (χ0v) is 38.8. The molecule has 0 saturated carbocycles. The highest BCUT2D eigenvalue weighted by Crippen LogP contribution is 2.66. The van der Waals surface area contributed by atoms with Crippen LogP contribution in [0.25, 0.3) is 22.2 Å². The van der Waals surface area contributed by atoms with Gasteiger partial charge in [0.15, 0.2) is 29.4 Å². The maximum absolute atomic E-state index is 17.0. The highest BCUT2D eigenvalue weighted by molar-refractivity contribution is 8.55. The number of rotatable bonds is 9. The predicted molar refractivity (Wildman–Crippen MR) is 223 cm³/mol. The summed E-state index contributed by atoms with van der Waals surface area (Å²) in [5.74, 6) is -2.34. The van der Waals surface area contributed by atoms with E-state index in [1.807, 2.05) is 0 Å². The standard InChI is InChI=1S/C34H45FN8O14P2S3/c1-15-40-21-22(31(46)41-15)42-62-28(21)27-26-25(49-8)17(52-27)10-51-58(47,60-11-18(44)54-33(2,3)4)56-24-16(9-50-59(48,57-26)61-12-19(45)55-34(5,6)7)53-32(20(24)35)43-14-39-23-29(36)37-13-38-30(23)43/h13-14,16-17,20,24-27,32H,9-12H2,1-8H3,(H2,36,37,38)(H,40,41,46)/t16-,17-,20-,24-,25-,26-,27-,32-,58+,59+/m1/s1. The van der Waals surface area contributed by atoms with E-state index in [1.54, 1.807) is 48.5 Å². The Morgan fingerprint density at radius 1 is 0.935 bits per heavy atom. The van der Waals surface area contributed by atoms with Crippen LogP contribution in [0.3, 0.4) is 0 Å². The monoisotopic (exact) mass is 966 g/mol. The van der Waals surface area contributed by atoms with Crippen molar-refractivity contribution in [3.63, 3.8) is 0 Å². The van der Waals surface area contributed by atoms with Gasteiger partial charge in [0.25, 0.3) is 5.56 Å². The molecular weight excluding hydrogens is 922 g/mol.